The van der Waals surface area contributed by atoms with E-state index in [1.54, 1.807) is 7.11 Å². The van der Waals surface area contributed by atoms with Crippen LogP contribution in [0.4, 0.5) is 10.5 Å². The Kier molecular flexibility index (Phi) is 4.89. The molecule has 7 nitrogen and oxygen atoms in total. The number of amides is 3. The van der Waals surface area contributed by atoms with E-state index in [2.05, 4.69) is 16.3 Å². The summed E-state index contributed by atoms with van der Waals surface area (Å²) in [5.74, 6) is 0.796. The van der Waals surface area contributed by atoms with E-state index in [-0.39, 0.29) is 18.0 Å². The van der Waals surface area contributed by atoms with E-state index in [9.17, 15) is 9.59 Å². The summed E-state index contributed by atoms with van der Waals surface area (Å²) in [6.45, 7) is 6.39. The second-order valence-electron chi connectivity index (χ2n) is 6.26. The number of imide groups is 1. The van der Waals surface area contributed by atoms with Crippen LogP contribution in [0.2, 0.25) is 0 Å². The number of urea groups is 1. The van der Waals surface area contributed by atoms with E-state index in [0.29, 0.717) is 13.1 Å². The predicted molar refractivity (Wildman–Crippen MR) is 90.5 cm³/mol. The zero-order valence-electron chi connectivity index (χ0n) is 14.2. The standard InChI is InChI=1S/C17H24N4O3/c1-13(16(22)21-8-7-18-17(21)23)19-9-11-20(12-10-19)14-5-3-4-6-15(14)24-2/h3-6,13H,7-12H2,1-2H3,(H,18,23)/p+1/t13-/m0/s1. The third-order valence-electron chi connectivity index (χ3n) is 4.94. The maximum atomic E-state index is 12.5. The highest BCUT2D eigenvalue weighted by Crippen LogP contribution is 2.27. The zero-order chi connectivity index (χ0) is 17.1. The van der Waals surface area contributed by atoms with Crippen molar-refractivity contribution in [2.24, 2.45) is 0 Å². The number of para-hydroxylation sites is 2. The van der Waals surface area contributed by atoms with Crippen molar-refractivity contribution in [1.29, 1.82) is 0 Å². The summed E-state index contributed by atoms with van der Waals surface area (Å²) in [7, 11) is 1.68. The molecule has 130 valence electrons. The summed E-state index contributed by atoms with van der Waals surface area (Å²) in [4.78, 5) is 29.0. The van der Waals surface area contributed by atoms with Crippen LogP contribution in [0.5, 0.6) is 5.75 Å². The molecule has 7 heteroatoms. The number of nitrogens with zero attached hydrogens (tertiary/aromatic N) is 2. The van der Waals surface area contributed by atoms with Gasteiger partial charge >= 0.3 is 6.03 Å². The van der Waals surface area contributed by atoms with E-state index in [0.717, 1.165) is 37.6 Å². The van der Waals surface area contributed by atoms with Crippen LogP contribution >= 0.6 is 0 Å². The van der Waals surface area contributed by atoms with Gasteiger partial charge in [-0.2, -0.15) is 0 Å². The van der Waals surface area contributed by atoms with Gasteiger partial charge in [-0.15, -0.1) is 0 Å². The van der Waals surface area contributed by atoms with Crippen molar-refractivity contribution in [3.05, 3.63) is 24.3 Å². The molecule has 2 heterocycles. The lowest BCUT2D eigenvalue weighted by atomic mass is 10.2. The van der Waals surface area contributed by atoms with Crippen molar-refractivity contribution < 1.29 is 19.2 Å². The van der Waals surface area contributed by atoms with Crippen LogP contribution < -0.4 is 19.9 Å². The van der Waals surface area contributed by atoms with Gasteiger partial charge in [0.1, 0.15) is 5.75 Å². The molecule has 2 aliphatic heterocycles. The highest BCUT2D eigenvalue weighted by molar-refractivity contribution is 5.97. The van der Waals surface area contributed by atoms with Gasteiger partial charge in [0.15, 0.2) is 6.04 Å². The Morgan fingerprint density at radius 2 is 1.96 bits per heavy atom. The molecule has 0 spiro atoms. The Morgan fingerprint density at radius 1 is 1.25 bits per heavy atom. The molecule has 2 N–H and O–H groups in total. The monoisotopic (exact) mass is 333 g/mol. The first-order chi connectivity index (χ1) is 11.6. The molecule has 2 aliphatic rings. The van der Waals surface area contributed by atoms with Gasteiger partial charge in [0, 0.05) is 13.1 Å². The van der Waals surface area contributed by atoms with Gasteiger partial charge in [0.05, 0.1) is 39.0 Å². The van der Waals surface area contributed by atoms with E-state index in [4.69, 9.17) is 4.74 Å². The number of methoxy groups -OCH3 is 1. The van der Waals surface area contributed by atoms with Crippen molar-refractivity contribution in [3.8, 4) is 5.75 Å². The first kappa shape index (κ1) is 16.6. The number of hydrogen-bond acceptors (Lipinski definition) is 4. The summed E-state index contributed by atoms with van der Waals surface area (Å²) in [6.07, 6.45) is 0. The van der Waals surface area contributed by atoms with E-state index in [1.165, 1.54) is 9.80 Å². The van der Waals surface area contributed by atoms with Crippen LogP contribution in [0, 0.1) is 0 Å². The van der Waals surface area contributed by atoms with Crippen molar-refractivity contribution >= 4 is 17.6 Å². The molecule has 2 fully saturated rings. The molecule has 0 unspecified atom stereocenters. The summed E-state index contributed by atoms with van der Waals surface area (Å²) in [5, 5.41) is 2.68. The number of anilines is 1. The third-order valence-corrected chi connectivity index (χ3v) is 4.94. The molecule has 0 aromatic heterocycles. The second-order valence-corrected chi connectivity index (χ2v) is 6.26. The maximum Gasteiger partial charge on any atom is 0.324 e. The number of benzene rings is 1. The molecule has 0 radical (unpaired) electrons. The Balaban J connectivity index is 1.60. The molecule has 0 saturated carbocycles. The molecule has 1 aromatic rings. The molecule has 24 heavy (non-hydrogen) atoms. The minimum absolute atomic E-state index is 0.0780. The van der Waals surface area contributed by atoms with Crippen LogP contribution in [-0.2, 0) is 4.79 Å². The van der Waals surface area contributed by atoms with Gasteiger partial charge in [-0.05, 0) is 19.1 Å². The number of ether oxygens (including phenoxy) is 1. The smallest absolute Gasteiger partial charge is 0.324 e. The molecule has 3 rings (SSSR count). The van der Waals surface area contributed by atoms with Gasteiger partial charge in [-0.25, -0.2) is 4.79 Å². The number of quaternary nitrogens is 1. The third kappa shape index (κ3) is 3.17. The second kappa shape index (κ2) is 7.09. The number of piperazine rings is 1. The Morgan fingerprint density at radius 3 is 2.58 bits per heavy atom. The van der Waals surface area contributed by atoms with Crippen molar-refractivity contribution in [1.82, 2.24) is 10.2 Å². The maximum absolute atomic E-state index is 12.5. The van der Waals surface area contributed by atoms with Gasteiger partial charge in [0.25, 0.3) is 5.91 Å². The SMILES string of the molecule is COc1ccccc1N1CC[NH+]([C@@H](C)C(=O)N2CCNC2=O)CC1. The number of carbonyl (C=O) groups excluding carboxylic acids is 2. The summed E-state index contributed by atoms with van der Waals surface area (Å²) < 4.78 is 5.44. The zero-order valence-corrected chi connectivity index (χ0v) is 14.2. The van der Waals surface area contributed by atoms with Gasteiger partial charge in [-0.3, -0.25) is 9.69 Å². The fraction of sp³-hybridized carbons (Fsp3) is 0.529. The van der Waals surface area contributed by atoms with E-state index >= 15 is 0 Å². The Bertz CT molecular complexity index is 614. The minimum Gasteiger partial charge on any atom is -0.495 e. The summed E-state index contributed by atoms with van der Waals surface area (Å²) in [5.41, 5.74) is 1.09. The number of rotatable bonds is 4. The first-order valence-electron chi connectivity index (χ1n) is 8.43. The van der Waals surface area contributed by atoms with Crippen molar-refractivity contribution in [2.75, 3.05) is 51.3 Å². The average molecular weight is 333 g/mol. The number of carbonyl (C=O) groups is 2. The molecule has 3 amide bonds. The topological polar surface area (TPSA) is 66.3 Å². The fourth-order valence-electron chi connectivity index (χ4n) is 3.45. The Hall–Kier alpha value is -2.28. The fourth-order valence-corrected chi connectivity index (χ4v) is 3.45. The number of nitrogens with one attached hydrogen (secondary N) is 2. The van der Waals surface area contributed by atoms with Gasteiger partial charge in [0.2, 0.25) is 0 Å². The van der Waals surface area contributed by atoms with Crippen LogP contribution in [0.15, 0.2) is 24.3 Å². The Labute approximate surface area is 142 Å². The van der Waals surface area contributed by atoms with Crippen LogP contribution in [0.25, 0.3) is 0 Å². The minimum atomic E-state index is -0.265. The first-order valence-corrected chi connectivity index (χ1v) is 8.43. The van der Waals surface area contributed by atoms with Crippen molar-refractivity contribution in [3.63, 3.8) is 0 Å². The molecule has 1 atom stereocenters. The summed E-state index contributed by atoms with van der Waals surface area (Å²) in [6, 6.07) is 7.54. The molecule has 0 bridgehead atoms. The molecule has 0 aliphatic carbocycles. The molecule has 2 saturated heterocycles. The lowest BCUT2D eigenvalue weighted by Gasteiger charge is -2.37. The number of hydrogen-bond donors (Lipinski definition) is 2. The largest absolute Gasteiger partial charge is 0.495 e. The highest BCUT2D eigenvalue weighted by Gasteiger charge is 2.36. The predicted octanol–water partition coefficient (Wildman–Crippen LogP) is -0.660. The van der Waals surface area contributed by atoms with Crippen LogP contribution in [-0.4, -0.2) is 69.3 Å². The lowest BCUT2D eigenvalue weighted by Crippen LogP contribution is -3.19. The highest BCUT2D eigenvalue weighted by atomic mass is 16.5. The van der Waals surface area contributed by atoms with Crippen LogP contribution in [0.3, 0.4) is 0 Å². The molecular weight excluding hydrogens is 308 g/mol. The molecular formula is C17H25N4O3+. The average Bonchev–Trinajstić information content (AvgIpc) is 3.06. The van der Waals surface area contributed by atoms with Crippen LogP contribution in [0.1, 0.15) is 6.92 Å². The van der Waals surface area contributed by atoms with E-state index < -0.39 is 0 Å². The quantitative estimate of drug-likeness (QED) is 0.768. The van der Waals surface area contributed by atoms with E-state index in [1.807, 2.05) is 25.1 Å². The van der Waals surface area contributed by atoms with Crippen molar-refractivity contribution in [2.45, 2.75) is 13.0 Å². The van der Waals surface area contributed by atoms with Gasteiger partial charge in [-0.1, -0.05) is 12.1 Å². The lowest BCUT2D eigenvalue weighted by molar-refractivity contribution is -0.915. The summed E-state index contributed by atoms with van der Waals surface area (Å²) >= 11 is 0. The normalized spacial score (nSPS) is 20.0. The van der Waals surface area contributed by atoms with Gasteiger partial charge < -0.3 is 19.9 Å². The molecule has 1 aromatic carbocycles.